The second-order valence-electron chi connectivity index (χ2n) is 3.70. The van der Waals surface area contributed by atoms with E-state index in [1.54, 1.807) is 6.92 Å². The minimum absolute atomic E-state index is 0.0608. The maximum absolute atomic E-state index is 11.6. The number of nitrogens with zero attached hydrogens (tertiary/aromatic N) is 1. The van der Waals surface area contributed by atoms with Gasteiger partial charge in [-0.25, -0.2) is 0 Å². The fraction of sp³-hybridized carbons (Fsp3) is 0.214. The number of carbonyl (C=O) groups excluding carboxylic acids is 1. The first kappa shape index (κ1) is 13.7. The molecule has 17 heavy (non-hydrogen) atoms. The van der Waals surface area contributed by atoms with E-state index in [4.69, 9.17) is 0 Å². The van der Waals surface area contributed by atoms with Crippen molar-refractivity contribution < 1.29 is 4.79 Å². The van der Waals surface area contributed by atoms with Crippen molar-refractivity contribution in [2.75, 3.05) is 18.0 Å². The molecule has 0 heterocycles. The molecule has 0 amide bonds. The molecule has 0 aromatic heterocycles. The standard InChI is InChI=1S/C14H16BrNO/c1-4-8-16(9-5-2)14-10-12(15)6-7-13(14)11(3)17/h4-7,10H,1-2,8-9H2,3H3. The van der Waals surface area contributed by atoms with Crippen molar-refractivity contribution in [2.24, 2.45) is 0 Å². The smallest absolute Gasteiger partial charge is 0.161 e. The van der Waals surface area contributed by atoms with Crippen LogP contribution in [0.2, 0.25) is 0 Å². The summed E-state index contributed by atoms with van der Waals surface area (Å²) in [4.78, 5) is 13.7. The highest BCUT2D eigenvalue weighted by atomic mass is 79.9. The maximum atomic E-state index is 11.6. The molecule has 0 saturated carbocycles. The van der Waals surface area contributed by atoms with Crippen molar-refractivity contribution in [3.8, 4) is 0 Å². The lowest BCUT2D eigenvalue weighted by molar-refractivity contribution is 0.101. The Labute approximate surface area is 111 Å². The van der Waals surface area contributed by atoms with Gasteiger partial charge in [-0.15, -0.1) is 13.2 Å². The molecule has 0 N–H and O–H groups in total. The van der Waals surface area contributed by atoms with Crippen LogP contribution in [-0.2, 0) is 0 Å². The van der Waals surface area contributed by atoms with Crippen molar-refractivity contribution >= 4 is 27.4 Å². The molecule has 0 unspecified atom stereocenters. The number of carbonyl (C=O) groups is 1. The lowest BCUT2D eigenvalue weighted by Gasteiger charge is -2.24. The van der Waals surface area contributed by atoms with E-state index in [0.29, 0.717) is 13.1 Å². The summed E-state index contributed by atoms with van der Waals surface area (Å²) in [6, 6.07) is 5.66. The second-order valence-corrected chi connectivity index (χ2v) is 4.62. The minimum Gasteiger partial charge on any atom is -0.363 e. The lowest BCUT2D eigenvalue weighted by Crippen LogP contribution is -2.25. The molecule has 3 heteroatoms. The Balaban J connectivity index is 3.22. The predicted molar refractivity (Wildman–Crippen MR) is 76.8 cm³/mol. The summed E-state index contributed by atoms with van der Waals surface area (Å²) in [5.41, 5.74) is 1.63. The highest BCUT2D eigenvalue weighted by molar-refractivity contribution is 9.10. The van der Waals surface area contributed by atoms with Gasteiger partial charge in [0.05, 0.1) is 0 Å². The Kier molecular flexibility index (Phi) is 5.16. The van der Waals surface area contributed by atoms with Crippen LogP contribution in [0.3, 0.4) is 0 Å². The molecule has 0 aliphatic carbocycles. The number of Topliss-reactive ketones (excluding diaryl/α,β-unsaturated/α-hetero) is 1. The second kappa shape index (κ2) is 6.40. The first-order chi connectivity index (χ1) is 8.10. The lowest BCUT2D eigenvalue weighted by atomic mass is 10.1. The van der Waals surface area contributed by atoms with Gasteiger partial charge in [-0.3, -0.25) is 4.79 Å². The van der Waals surface area contributed by atoms with E-state index < -0.39 is 0 Å². The molecule has 2 nitrogen and oxygen atoms in total. The average molecular weight is 294 g/mol. The van der Waals surface area contributed by atoms with E-state index in [9.17, 15) is 4.79 Å². The average Bonchev–Trinajstić information content (AvgIpc) is 2.28. The molecule has 90 valence electrons. The largest absolute Gasteiger partial charge is 0.363 e. The van der Waals surface area contributed by atoms with Gasteiger partial charge in [-0.2, -0.15) is 0 Å². The Morgan fingerprint density at radius 3 is 2.41 bits per heavy atom. The molecule has 0 aliphatic rings. The van der Waals surface area contributed by atoms with Crippen LogP contribution < -0.4 is 4.90 Å². The summed E-state index contributed by atoms with van der Waals surface area (Å²) in [5, 5.41) is 0. The number of rotatable bonds is 6. The molecule has 0 atom stereocenters. The van der Waals surface area contributed by atoms with E-state index in [1.807, 2.05) is 30.4 Å². The first-order valence-corrected chi connectivity index (χ1v) is 6.16. The zero-order chi connectivity index (χ0) is 12.8. The molecule has 1 rings (SSSR count). The maximum Gasteiger partial charge on any atom is 0.161 e. The normalized spacial score (nSPS) is 9.76. The van der Waals surface area contributed by atoms with Gasteiger partial charge in [0.1, 0.15) is 0 Å². The van der Waals surface area contributed by atoms with Crippen LogP contribution in [-0.4, -0.2) is 18.9 Å². The molecule has 1 aromatic carbocycles. The fourth-order valence-electron chi connectivity index (χ4n) is 1.65. The summed E-state index contributed by atoms with van der Waals surface area (Å²) < 4.78 is 0.954. The van der Waals surface area contributed by atoms with Crippen LogP contribution in [0.25, 0.3) is 0 Å². The van der Waals surface area contributed by atoms with Crippen LogP contribution in [0.15, 0.2) is 48.0 Å². The van der Waals surface area contributed by atoms with Crippen LogP contribution in [0.5, 0.6) is 0 Å². The van der Waals surface area contributed by atoms with Crippen molar-refractivity contribution in [3.05, 3.63) is 53.5 Å². The Bertz CT molecular complexity index is 430. The molecule has 0 saturated heterocycles. The van der Waals surface area contributed by atoms with E-state index in [1.165, 1.54) is 0 Å². The zero-order valence-electron chi connectivity index (χ0n) is 9.95. The number of hydrogen-bond donors (Lipinski definition) is 0. The minimum atomic E-state index is 0.0608. The van der Waals surface area contributed by atoms with Gasteiger partial charge in [-0.1, -0.05) is 28.1 Å². The van der Waals surface area contributed by atoms with Gasteiger partial charge in [0.2, 0.25) is 0 Å². The number of benzene rings is 1. The van der Waals surface area contributed by atoms with Crippen molar-refractivity contribution in [1.29, 1.82) is 0 Å². The highest BCUT2D eigenvalue weighted by Crippen LogP contribution is 2.25. The van der Waals surface area contributed by atoms with Crippen molar-refractivity contribution in [1.82, 2.24) is 0 Å². The third-order valence-electron chi connectivity index (χ3n) is 2.38. The zero-order valence-corrected chi connectivity index (χ0v) is 11.5. The molecule has 0 bridgehead atoms. The first-order valence-electron chi connectivity index (χ1n) is 5.37. The van der Waals surface area contributed by atoms with Gasteiger partial charge >= 0.3 is 0 Å². The summed E-state index contributed by atoms with van der Waals surface area (Å²) >= 11 is 3.43. The molecular weight excluding hydrogens is 278 g/mol. The van der Waals surface area contributed by atoms with E-state index >= 15 is 0 Å². The Morgan fingerprint density at radius 2 is 1.94 bits per heavy atom. The SMILES string of the molecule is C=CCN(CC=C)c1cc(Br)ccc1C(C)=O. The van der Waals surface area contributed by atoms with E-state index in [2.05, 4.69) is 34.0 Å². The van der Waals surface area contributed by atoms with Crippen molar-refractivity contribution in [3.63, 3.8) is 0 Å². The molecule has 0 fully saturated rings. The van der Waals surface area contributed by atoms with Gasteiger partial charge < -0.3 is 4.90 Å². The van der Waals surface area contributed by atoms with Gasteiger partial charge in [0, 0.05) is 28.8 Å². The number of hydrogen-bond acceptors (Lipinski definition) is 2. The van der Waals surface area contributed by atoms with Gasteiger partial charge in [0.15, 0.2) is 5.78 Å². The molecule has 0 radical (unpaired) electrons. The van der Waals surface area contributed by atoms with Gasteiger partial charge in [-0.05, 0) is 25.1 Å². The molecule has 0 aliphatic heterocycles. The van der Waals surface area contributed by atoms with Crippen molar-refractivity contribution in [2.45, 2.75) is 6.92 Å². The molecule has 1 aromatic rings. The van der Waals surface area contributed by atoms with E-state index in [-0.39, 0.29) is 5.78 Å². The van der Waals surface area contributed by atoms with E-state index in [0.717, 1.165) is 15.7 Å². The summed E-state index contributed by atoms with van der Waals surface area (Å²) in [6.07, 6.45) is 3.63. The number of ketones is 1. The van der Waals surface area contributed by atoms with Crippen LogP contribution in [0, 0.1) is 0 Å². The third kappa shape index (κ3) is 3.56. The monoisotopic (exact) mass is 293 g/mol. The molecular formula is C14H16BrNO. The Hall–Kier alpha value is -1.35. The fourth-order valence-corrected chi connectivity index (χ4v) is 2.00. The summed E-state index contributed by atoms with van der Waals surface area (Å²) in [7, 11) is 0. The molecule has 0 spiro atoms. The topological polar surface area (TPSA) is 20.3 Å². The Morgan fingerprint density at radius 1 is 1.35 bits per heavy atom. The van der Waals surface area contributed by atoms with Crippen LogP contribution >= 0.6 is 15.9 Å². The predicted octanol–water partition coefficient (Wildman–Crippen LogP) is 3.83. The highest BCUT2D eigenvalue weighted by Gasteiger charge is 2.12. The third-order valence-corrected chi connectivity index (χ3v) is 2.87. The van der Waals surface area contributed by atoms with Crippen LogP contribution in [0.1, 0.15) is 17.3 Å². The summed E-state index contributed by atoms with van der Waals surface area (Å²) in [6.45, 7) is 10.4. The van der Waals surface area contributed by atoms with Gasteiger partial charge in [0.25, 0.3) is 0 Å². The number of anilines is 1. The summed E-state index contributed by atoms with van der Waals surface area (Å²) in [5.74, 6) is 0.0608. The van der Waals surface area contributed by atoms with Crippen LogP contribution in [0.4, 0.5) is 5.69 Å². The quantitative estimate of drug-likeness (QED) is 0.587. The number of halogens is 1.